The number of imidazole rings is 1. The highest BCUT2D eigenvalue weighted by molar-refractivity contribution is 5.55. The molecule has 1 aliphatic heterocycles. The highest BCUT2D eigenvalue weighted by Crippen LogP contribution is 2.23. The molecular weight excluding hydrogens is 234 g/mol. The summed E-state index contributed by atoms with van der Waals surface area (Å²) in [7, 11) is 0. The van der Waals surface area contributed by atoms with E-state index in [4.69, 9.17) is 0 Å². The largest absolute Gasteiger partial charge is 0.385 e. The maximum atomic E-state index is 4.63. The average Bonchev–Trinajstić information content (AvgIpc) is 2.74. The summed E-state index contributed by atoms with van der Waals surface area (Å²) < 4.78 is 2.22. The van der Waals surface area contributed by atoms with Crippen LogP contribution in [-0.4, -0.2) is 9.55 Å². The summed E-state index contributed by atoms with van der Waals surface area (Å²) in [6, 6.07) is 8.77. The number of aromatic nitrogens is 2. The van der Waals surface area contributed by atoms with Gasteiger partial charge < -0.3 is 5.32 Å². The number of hydrogen-bond donors (Lipinski definition) is 1. The molecule has 1 N–H and O–H groups in total. The summed E-state index contributed by atoms with van der Waals surface area (Å²) in [4.78, 5) is 4.63. The van der Waals surface area contributed by atoms with Gasteiger partial charge in [0.2, 0.25) is 0 Å². The lowest BCUT2D eigenvalue weighted by Crippen LogP contribution is -2.11. The van der Waals surface area contributed by atoms with Crippen molar-refractivity contribution in [2.75, 3.05) is 0 Å². The fourth-order valence-corrected chi connectivity index (χ4v) is 2.53. The van der Waals surface area contributed by atoms with Gasteiger partial charge in [-0.15, -0.1) is 0 Å². The van der Waals surface area contributed by atoms with Gasteiger partial charge in [0.15, 0.2) is 0 Å². The fraction of sp³-hybridized carbons (Fsp3) is 0.312. The summed E-state index contributed by atoms with van der Waals surface area (Å²) >= 11 is 0. The summed E-state index contributed by atoms with van der Waals surface area (Å²) in [6.45, 7) is 7.30. The average molecular weight is 253 g/mol. The van der Waals surface area contributed by atoms with Crippen molar-refractivity contribution in [2.24, 2.45) is 0 Å². The van der Waals surface area contributed by atoms with Gasteiger partial charge >= 0.3 is 0 Å². The Hall–Kier alpha value is -2.03. The second kappa shape index (κ2) is 4.57. The molecule has 0 spiro atoms. The van der Waals surface area contributed by atoms with Crippen molar-refractivity contribution in [3.8, 4) is 5.69 Å². The molecular formula is C16H19N3. The first-order chi connectivity index (χ1) is 9.16. The van der Waals surface area contributed by atoms with Gasteiger partial charge in [-0.2, -0.15) is 0 Å². The molecule has 3 heteroatoms. The predicted octanol–water partition coefficient (Wildman–Crippen LogP) is 3.38. The Morgan fingerprint density at radius 3 is 2.63 bits per heavy atom. The Bertz CT molecular complexity index is 618. The van der Waals surface area contributed by atoms with Gasteiger partial charge in [0.1, 0.15) is 5.82 Å². The Kier molecular flexibility index (Phi) is 2.90. The Balaban J connectivity index is 2.07. The number of benzene rings is 1. The standard InChI is InChI=1S/C16H19N3/c1-11(2)13-4-6-14(7-5-13)19-12(3)18-15-10-17-9-8-16(15)19/h4-9,11,17H,10H2,1-3H3. The number of nitrogens with zero attached hydrogens (tertiary/aromatic N) is 2. The molecule has 0 unspecified atom stereocenters. The molecule has 1 aromatic heterocycles. The molecule has 2 heterocycles. The first-order valence-corrected chi connectivity index (χ1v) is 6.75. The third kappa shape index (κ3) is 2.05. The topological polar surface area (TPSA) is 29.9 Å². The van der Waals surface area contributed by atoms with Gasteiger partial charge in [-0.1, -0.05) is 26.0 Å². The van der Waals surface area contributed by atoms with Gasteiger partial charge in [-0.3, -0.25) is 4.57 Å². The van der Waals surface area contributed by atoms with Gasteiger partial charge in [-0.25, -0.2) is 4.98 Å². The minimum atomic E-state index is 0.566. The second-order valence-corrected chi connectivity index (χ2v) is 5.29. The van der Waals surface area contributed by atoms with E-state index in [0.29, 0.717) is 5.92 Å². The highest BCUT2D eigenvalue weighted by atomic mass is 15.1. The molecule has 2 aromatic rings. The van der Waals surface area contributed by atoms with Crippen LogP contribution < -0.4 is 5.32 Å². The van der Waals surface area contributed by atoms with Crippen molar-refractivity contribution in [2.45, 2.75) is 33.2 Å². The number of nitrogens with one attached hydrogen (secondary N) is 1. The van der Waals surface area contributed by atoms with Crippen LogP contribution in [0.1, 0.15) is 42.5 Å². The number of rotatable bonds is 2. The van der Waals surface area contributed by atoms with Gasteiger partial charge in [0, 0.05) is 5.69 Å². The van der Waals surface area contributed by atoms with E-state index in [1.54, 1.807) is 0 Å². The SMILES string of the molecule is Cc1nc2c(n1-c1ccc(C(C)C)cc1)C=CNC2. The van der Waals surface area contributed by atoms with Crippen LogP contribution in [0.25, 0.3) is 11.8 Å². The van der Waals surface area contributed by atoms with Crippen molar-refractivity contribution in [3.05, 3.63) is 53.2 Å². The zero-order valence-electron chi connectivity index (χ0n) is 11.6. The van der Waals surface area contributed by atoms with Crippen LogP contribution >= 0.6 is 0 Å². The van der Waals surface area contributed by atoms with E-state index >= 15 is 0 Å². The first-order valence-electron chi connectivity index (χ1n) is 6.75. The van der Waals surface area contributed by atoms with E-state index in [0.717, 1.165) is 18.1 Å². The molecule has 0 saturated heterocycles. The van der Waals surface area contributed by atoms with Crippen molar-refractivity contribution in [1.82, 2.24) is 14.9 Å². The molecule has 3 nitrogen and oxygen atoms in total. The van der Waals surface area contributed by atoms with Crippen LogP contribution in [0.5, 0.6) is 0 Å². The monoisotopic (exact) mass is 253 g/mol. The van der Waals surface area contributed by atoms with E-state index < -0.39 is 0 Å². The molecule has 1 aromatic carbocycles. The summed E-state index contributed by atoms with van der Waals surface area (Å²) in [5, 5.41) is 3.20. The molecule has 0 saturated carbocycles. The molecule has 0 atom stereocenters. The molecule has 0 fully saturated rings. The van der Waals surface area contributed by atoms with Crippen LogP contribution in [0.15, 0.2) is 30.5 Å². The number of fused-ring (bicyclic) bond motifs is 1. The maximum absolute atomic E-state index is 4.63. The second-order valence-electron chi connectivity index (χ2n) is 5.29. The van der Waals surface area contributed by atoms with Crippen LogP contribution in [0.3, 0.4) is 0 Å². The Morgan fingerprint density at radius 2 is 1.95 bits per heavy atom. The molecule has 1 aliphatic rings. The fourth-order valence-electron chi connectivity index (χ4n) is 2.53. The van der Waals surface area contributed by atoms with Crippen LogP contribution in [0, 0.1) is 6.92 Å². The minimum absolute atomic E-state index is 0.566. The van der Waals surface area contributed by atoms with Gasteiger partial charge in [0.05, 0.1) is 17.9 Å². The van der Waals surface area contributed by atoms with Crippen molar-refractivity contribution < 1.29 is 0 Å². The van der Waals surface area contributed by atoms with Crippen LogP contribution in [0.4, 0.5) is 0 Å². The Labute approximate surface area is 114 Å². The first kappa shape index (κ1) is 12.0. The van der Waals surface area contributed by atoms with Crippen molar-refractivity contribution in [3.63, 3.8) is 0 Å². The zero-order chi connectivity index (χ0) is 13.4. The van der Waals surface area contributed by atoms with Gasteiger partial charge in [0.25, 0.3) is 0 Å². The summed E-state index contributed by atoms with van der Waals surface area (Å²) in [5.74, 6) is 1.60. The molecule has 98 valence electrons. The third-order valence-corrected chi connectivity index (χ3v) is 3.60. The lowest BCUT2D eigenvalue weighted by Gasteiger charge is -2.13. The lowest BCUT2D eigenvalue weighted by molar-refractivity contribution is 0.828. The molecule has 0 radical (unpaired) electrons. The smallest absolute Gasteiger partial charge is 0.110 e. The minimum Gasteiger partial charge on any atom is -0.385 e. The van der Waals surface area contributed by atoms with Crippen molar-refractivity contribution in [1.29, 1.82) is 0 Å². The molecule has 0 aliphatic carbocycles. The number of hydrogen-bond acceptors (Lipinski definition) is 2. The predicted molar refractivity (Wildman–Crippen MR) is 78.3 cm³/mol. The highest BCUT2D eigenvalue weighted by Gasteiger charge is 2.15. The quantitative estimate of drug-likeness (QED) is 0.889. The van der Waals surface area contributed by atoms with Crippen LogP contribution in [0.2, 0.25) is 0 Å². The Morgan fingerprint density at radius 1 is 1.21 bits per heavy atom. The number of aryl methyl sites for hydroxylation is 1. The van der Waals surface area contributed by atoms with E-state index in [1.807, 2.05) is 6.20 Å². The normalized spacial score (nSPS) is 13.5. The molecule has 19 heavy (non-hydrogen) atoms. The van der Waals surface area contributed by atoms with E-state index in [9.17, 15) is 0 Å². The lowest BCUT2D eigenvalue weighted by atomic mass is 10.0. The van der Waals surface area contributed by atoms with Crippen LogP contribution in [-0.2, 0) is 6.54 Å². The summed E-state index contributed by atoms with van der Waals surface area (Å²) in [6.07, 6.45) is 4.08. The van der Waals surface area contributed by atoms with E-state index in [1.165, 1.54) is 16.9 Å². The van der Waals surface area contributed by atoms with Gasteiger partial charge in [-0.05, 0) is 42.8 Å². The molecule has 0 bridgehead atoms. The molecule has 3 rings (SSSR count). The van der Waals surface area contributed by atoms with E-state index in [-0.39, 0.29) is 0 Å². The third-order valence-electron chi connectivity index (χ3n) is 3.60. The molecule has 0 amide bonds. The van der Waals surface area contributed by atoms with Crippen molar-refractivity contribution >= 4 is 6.08 Å². The summed E-state index contributed by atoms with van der Waals surface area (Å²) in [5.41, 5.74) is 4.86. The maximum Gasteiger partial charge on any atom is 0.110 e. The van der Waals surface area contributed by atoms with E-state index in [2.05, 4.69) is 66.0 Å². The zero-order valence-corrected chi connectivity index (χ0v) is 11.6.